The lowest BCUT2D eigenvalue weighted by atomic mass is 10.0. The molecule has 0 aliphatic carbocycles. The van der Waals surface area contributed by atoms with Crippen molar-refractivity contribution in [2.24, 2.45) is 0 Å². The molecular formula is C21H28N4O4. The number of carbonyl (C=O) groups is 2. The van der Waals surface area contributed by atoms with Crippen molar-refractivity contribution >= 4 is 11.8 Å². The SMILES string of the molecule is CCOc1ccc(C(=O)NCC(=O)N2CCC(n3ccnc3)CC2)cc1OCC. The van der Waals surface area contributed by atoms with Crippen molar-refractivity contribution < 1.29 is 19.1 Å². The van der Waals surface area contributed by atoms with Crippen molar-refractivity contribution in [2.45, 2.75) is 32.7 Å². The summed E-state index contributed by atoms with van der Waals surface area (Å²) in [5.41, 5.74) is 0.434. The molecule has 0 unspecified atom stereocenters. The van der Waals surface area contributed by atoms with Gasteiger partial charge in [-0.05, 0) is 44.9 Å². The molecule has 156 valence electrons. The Morgan fingerprint density at radius 3 is 2.52 bits per heavy atom. The van der Waals surface area contributed by atoms with Gasteiger partial charge in [0.05, 0.1) is 26.1 Å². The summed E-state index contributed by atoms with van der Waals surface area (Å²) in [5.74, 6) is 0.742. The van der Waals surface area contributed by atoms with Crippen LogP contribution >= 0.6 is 0 Å². The van der Waals surface area contributed by atoms with E-state index in [1.807, 2.05) is 26.4 Å². The Morgan fingerprint density at radius 2 is 1.86 bits per heavy atom. The van der Waals surface area contributed by atoms with Crippen LogP contribution in [0, 0.1) is 0 Å². The molecule has 2 heterocycles. The zero-order valence-corrected chi connectivity index (χ0v) is 17.0. The highest BCUT2D eigenvalue weighted by molar-refractivity contribution is 5.97. The van der Waals surface area contributed by atoms with Crippen LogP contribution < -0.4 is 14.8 Å². The minimum atomic E-state index is -0.310. The predicted octanol–water partition coefficient (Wildman–Crippen LogP) is 2.27. The third-order valence-corrected chi connectivity index (χ3v) is 4.97. The molecule has 1 aliphatic heterocycles. The Balaban J connectivity index is 1.51. The lowest BCUT2D eigenvalue weighted by Crippen LogP contribution is -2.44. The Morgan fingerprint density at radius 1 is 1.14 bits per heavy atom. The molecule has 1 fully saturated rings. The fourth-order valence-electron chi connectivity index (χ4n) is 3.46. The van der Waals surface area contributed by atoms with E-state index >= 15 is 0 Å². The van der Waals surface area contributed by atoms with Crippen molar-refractivity contribution in [2.75, 3.05) is 32.8 Å². The van der Waals surface area contributed by atoms with Gasteiger partial charge in [-0.3, -0.25) is 9.59 Å². The minimum Gasteiger partial charge on any atom is -0.490 e. The highest BCUT2D eigenvalue weighted by Crippen LogP contribution is 2.28. The van der Waals surface area contributed by atoms with Gasteiger partial charge in [0.15, 0.2) is 11.5 Å². The average Bonchev–Trinajstić information content (AvgIpc) is 3.28. The topological polar surface area (TPSA) is 85.7 Å². The van der Waals surface area contributed by atoms with Gasteiger partial charge < -0.3 is 24.3 Å². The van der Waals surface area contributed by atoms with Gasteiger partial charge in [-0.15, -0.1) is 0 Å². The van der Waals surface area contributed by atoms with Crippen LogP contribution in [0.1, 0.15) is 43.1 Å². The second-order valence-corrected chi connectivity index (χ2v) is 6.83. The van der Waals surface area contributed by atoms with E-state index in [1.165, 1.54) is 0 Å². The number of hydrogen-bond donors (Lipinski definition) is 1. The van der Waals surface area contributed by atoms with Crippen LogP contribution in [0.25, 0.3) is 0 Å². The standard InChI is InChI=1S/C21H28N4O4/c1-3-28-18-6-5-16(13-19(18)29-4-2)21(27)23-14-20(26)24-10-7-17(8-11-24)25-12-9-22-15-25/h5-6,9,12-13,15,17H,3-4,7-8,10-11,14H2,1-2H3,(H,23,27). The van der Waals surface area contributed by atoms with E-state index in [2.05, 4.69) is 14.9 Å². The van der Waals surface area contributed by atoms with E-state index in [4.69, 9.17) is 9.47 Å². The van der Waals surface area contributed by atoms with Gasteiger partial charge in [-0.1, -0.05) is 0 Å². The first-order valence-electron chi connectivity index (χ1n) is 10.1. The summed E-state index contributed by atoms with van der Waals surface area (Å²) in [6.45, 7) is 6.07. The second kappa shape index (κ2) is 9.95. The number of carbonyl (C=O) groups excluding carboxylic acids is 2. The van der Waals surface area contributed by atoms with Crippen LogP contribution in [0.4, 0.5) is 0 Å². The first-order valence-corrected chi connectivity index (χ1v) is 10.1. The molecule has 1 N–H and O–H groups in total. The lowest BCUT2D eigenvalue weighted by Gasteiger charge is -2.32. The zero-order valence-electron chi connectivity index (χ0n) is 17.0. The van der Waals surface area contributed by atoms with Gasteiger partial charge in [-0.25, -0.2) is 4.98 Å². The van der Waals surface area contributed by atoms with E-state index in [9.17, 15) is 9.59 Å². The number of rotatable bonds is 8. The number of likely N-dealkylation sites (tertiary alicyclic amines) is 1. The third kappa shape index (κ3) is 5.28. The van der Waals surface area contributed by atoms with Crippen molar-refractivity contribution in [3.05, 3.63) is 42.5 Å². The maximum atomic E-state index is 12.5. The van der Waals surface area contributed by atoms with Crippen molar-refractivity contribution in [3.8, 4) is 11.5 Å². The first-order chi connectivity index (χ1) is 14.1. The van der Waals surface area contributed by atoms with Gasteiger partial charge in [0.25, 0.3) is 5.91 Å². The number of nitrogens with one attached hydrogen (secondary N) is 1. The van der Waals surface area contributed by atoms with Crippen molar-refractivity contribution in [1.82, 2.24) is 19.8 Å². The maximum Gasteiger partial charge on any atom is 0.251 e. The van der Waals surface area contributed by atoms with Gasteiger partial charge in [0, 0.05) is 37.1 Å². The van der Waals surface area contributed by atoms with Gasteiger partial charge in [-0.2, -0.15) is 0 Å². The Labute approximate surface area is 170 Å². The van der Waals surface area contributed by atoms with Crippen LogP contribution in [0.2, 0.25) is 0 Å². The number of hydrogen-bond acceptors (Lipinski definition) is 5. The highest BCUT2D eigenvalue weighted by atomic mass is 16.5. The molecule has 2 amide bonds. The third-order valence-electron chi connectivity index (χ3n) is 4.97. The lowest BCUT2D eigenvalue weighted by molar-refractivity contribution is -0.131. The van der Waals surface area contributed by atoms with Crippen LogP contribution in [-0.2, 0) is 4.79 Å². The number of imidazole rings is 1. The van der Waals surface area contributed by atoms with Crippen LogP contribution in [0.15, 0.2) is 36.9 Å². The predicted molar refractivity (Wildman–Crippen MR) is 108 cm³/mol. The quantitative estimate of drug-likeness (QED) is 0.735. The number of piperidine rings is 1. The molecule has 0 bridgehead atoms. The Hall–Kier alpha value is -3.03. The summed E-state index contributed by atoms with van der Waals surface area (Å²) in [6, 6.07) is 5.40. The second-order valence-electron chi connectivity index (χ2n) is 6.83. The number of ether oxygens (including phenoxy) is 2. The molecule has 0 radical (unpaired) electrons. The summed E-state index contributed by atoms with van der Waals surface area (Å²) >= 11 is 0. The number of benzene rings is 1. The molecule has 1 saturated heterocycles. The molecule has 1 aliphatic rings. The molecule has 3 rings (SSSR count). The van der Waals surface area contributed by atoms with E-state index in [0.717, 1.165) is 12.8 Å². The Bertz CT molecular complexity index is 814. The van der Waals surface area contributed by atoms with E-state index in [-0.39, 0.29) is 18.4 Å². The molecule has 1 aromatic carbocycles. The molecule has 0 spiro atoms. The molecule has 29 heavy (non-hydrogen) atoms. The van der Waals surface area contributed by atoms with E-state index < -0.39 is 0 Å². The summed E-state index contributed by atoms with van der Waals surface area (Å²) < 4.78 is 13.2. The molecule has 0 saturated carbocycles. The Kier molecular flexibility index (Phi) is 7.10. The van der Waals surface area contributed by atoms with Gasteiger partial charge in [0.1, 0.15) is 0 Å². The summed E-state index contributed by atoms with van der Waals surface area (Å²) in [7, 11) is 0. The maximum absolute atomic E-state index is 12.5. The summed E-state index contributed by atoms with van der Waals surface area (Å²) in [6.07, 6.45) is 7.30. The zero-order chi connectivity index (χ0) is 20.6. The smallest absolute Gasteiger partial charge is 0.251 e. The van der Waals surface area contributed by atoms with Crippen molar-refractivity contribution in [3.63, 3.8) is 0 Å². The molecular weight excluding hydrogens is 372 g/mol. The van der Waals surface area contributed by atoms with Gasteiger partial charge in [0.2, 0.25) is 5.91 Å². The van der Waals surface area contributed by atoms with Crippen LogP contribution in [-0.4, -0.2) is 59.1 Å². The molecule has 0 atom stereocenters. The first kappa shape index (κ1) is 20.7. The number of nitrogens with zero attached hydrogens (tertiary/aromatic N) is 3. The van der Waals surface area contributed by atoms with Gasteiger partial charge >= 0.3 is 0 Å². The highest BCUT2D eigenvalue weighted by Gasteiger charge is 2.24. The fraction of sp³-hybridized carbons (Fsp3) is 0.476. The number of amides is 2. The largest absolute Gasteiger partial charge is 0.490 e. The summed E-state index contributed by atoms with van der Waals surface area (Å²) in [5, 5.41) is 2.71. The molecule has 2 aromatic rings. The van der Waals surface area contributed by atoms with Crippen LogP contribution in [0.5, 0.6) is 11.5 Å². The molecule has 8 heteroatoms. The molecule has 1 aromatic heterocycles. The molecule has 8 nitrogen and oxygen atoms in total. The minimum absolute atomic E-state index is 0.0221. The number of aromatic nitrogens is 2. The fourth-order valence-corrected chi connectivity index (χ4v) is 3.46. The average molecular weight is 400 g/mol. The normalized spacial score (nSPS) is 14.5. The van der Waals surface area contributed by atoms with Crippen molar-refractivity contribution in [1.29, 1.82) is 0 Å². The van der Waals surface area contributed by atoms with E-state index in [0.29, 0.717) is 49.4 Å². The monoisotopic (exact) mass is 400 g/mol. The summed E-state index contributed by atoms with van der Waals surface area (Å²) in [4.78, 5) is 30.8. The van der Waals surface area contributed by atoms with Crippen LogP contribution in [0.3, 0.4) is 0 Å². The van der Waals surface area contributed by atoms with E-state index in [1.54, 1.807) is 29.3 Å².